The molecule has 0 atom stereocenters. The van der Waals surface area contributed by atoms with Crippen LogP contribution >= 0.6 is 0 Å². The second-order valence-corrected chi connectivity index (χ2v) is 5.31. The number of hydrogen-bond acceptors (Lipinski definition) is 1. The van der Waals surface area contributed by atoms with Crippen LogP contribution in [0.1, 0.15) is 58.0 Å². The van der Waals surface area contributed by atoms with Crippen LogP contribution in [0.25, 0.3) is 5.57 Å². The van der Waals surface area contributed by atoms with E-state index >= 15 is 0 Å². The van der Waals surface area contributed by atoms with Crippen molar-refractivity contribution in [2.24, 2.45) is 4.99 Å². The summed E-state index contributed by atoms with van der Waals surface area (Å²) >= 11 is 0. The lowest BCUT2D eigenvalue weighted by Crippen LogP contribution is -1.91. The van der Waals surface area contributed by atoms with Gasteiger partial charge in [-0.3, -0.25) is 4.99 Å². The molecule has 0 aliphatic carbocycles. The largest absolute Gasteiger partial charge is 0.359 e. The molecule has 1 aliphatic heterocycles. The number of aryl methyl sites for hydroxylation is 2. The summed E-state index contributed by atoms with van der Waals surface area (Å²) in [6, 6.07) is 2.26. The Hall–Kier alpha value is -1.57. The highest BCUT2D eigenvalue weighted by Gasteiger charge is 2.19. The Morgan fingerprint density at radius 3 is 2.32 bits per heavy atom. The highest BCUT2D eigenvalue weighted by Crippen LogP contribution is 2.33. The number of nitrogens with zero attached hydrogens (tertiary/aromatic N) is 1. The fourth-order valence-corrected chi connectivity index (χ4v) is 2.92. The van der Waals surface area contributed by atoms with E-state index in [4.69, 9.17) is 4.99 Å². The molecular formula is C17H24N2. The molecule has 0 amide bonds. The maximum Gasteiger partial charge on any atom is 0.0715 e. The second kappa shape index (κ2) is 5.20. The molecule has 0 unspecified atom stereocenters. The smallest absolute Gasteiger partial charge is 0.0715 e. The number of allylic oxidation sites excluding steroid dienone is 3. The maximum absolute atomic E-state index is 4.77. The zero-order chi connectivity index (χ0) is 14.2. The molecule has 1 aromatic rings. The molecule has 0 saturated carbocycles. The topological polar surface area (TPSA) is 28.1 Å². The molecule has 1 N–H and O–H groups in total. The number of aromatic amines is 1. The van der Waals surface area contributed by atoms with E-state index in [1.165, 1.54) is 39.4 Å². The van der Waals surface area contributed by atoms with Gasteiger partial charge in [0.15, 0.2) is 0 Å². The van der Waals surface area contributed by atoms with Crippen LogP contribution in [0.3, 0.4) is 0 Å². The summed E-state index contributed by atoms with van der Waals surface area (Å²) in [5.74, 6) is 0. The number of aliphatic imine (C=N–C) groups is 1. The molecule has 0 spiro atoms. The Balaban J connectivity index is 2.51. The van der Waals surface area contributed by atoms with E-state index in [0.717, 1.165) is 18.5 Å². The zero-order valence-electron chi connectivity index (χ0n) is 12.9. The fraction of sp³-hybridized carbons (Fsp3) is 0.471. The van der Waals surface area contributed by atoms with Crippen molar-refractivity contribution in [2.75, 3.05) is 0 Å². The van der Waals surface area contributed by atoms with Gasteiger partial charge in [0, 0.05) is 17.1 Å². The molecule has 19 heavy (non-hydrogen) atoms. The summed E-state index contributed by atoms with van der Waals surface area (Å²) in [6.07, 6.45) is 2.13. The van der Waals surface area contributed by atoms with Gasteiger partial charge in [-0.1, -0.05) is 13.8 Å². The molecule has 102 valence electrons. The van der Waals surface area contributed by atoms with Crippen molar-refractivity contribution in [1.29, 1.82) is 0 Å². The minimum absolute atomic E-state index is 1.06. The van der Waals surface area contributed by atoms with Gasteiger partial charge in [0.2, 0.25) is 0 Å². The van der Waals surface area contributed by atoms with Gasteiger partial charge in [-0.25, -0.2) is 0 Å². The van der Waals surface area contributed by atoms with Crippen LogP contribution in [-0.4, -0.2) is 10.7 Å². The van der Waals surface area contributed by atoms with Crippen LogP contribution in [0.15, 0.2) is 27.9 Å². The van der Waals surface area contributed by atoms with Crippen molar-refractivity contribution in [3.8, 4) is 0 Å². The lowest BCUT2D eigenvalue weighted by molar-refractivity contribution is 1.10. The van der Waals surface area contributed by atoms with E-state index in [1.807, 2.05) is 0 Å². The minimum Gasteiger partial charge on any atom is -0.359 e. The number of hydrogen-bond donors (Lipinski definition) is 1. The van der Waals surface area contributed by atoms with E-state index < -0.39 is 0 Å². The number of nitrogens with one attached hydrogen (secondary N) is 1. The molecule has 1 aliphatic rings. The summed E-state index contributed by atoms with van der Waals surface area (Å²) in [5.41, 5.74) is 10.2. The first-order valence-electron chi connectivity index (χ1n) is 7.15. The van der Waals surface area contributed by atoms with Gasteiger partial charge in [-0.2, -0.15) is 0 Å². The quantitative estimate of drug-likeness (QED) is 0.803. The summed E-state index contributed by atoms with van der Waals surface area (Å²) in [5, 5.41) is 0. The highest BCUT2D eigenvalue weighted by molar-refractivity contribution is 6.04. The average Bonchev–Trinajstić information content (AvgIpc) is 2.89. The molecule has 0 bridgehead atoms. The lowest BCUT2D eigenvalue weighted by atomic mass is 10.0. The van der Waals surface area contributed by atoms with Gasteiger partial charge in [0.1, 0.15) is 0 Å². The monoisotopic (exact) mass is 256 g/mol. The SMILES string of the molecule is CCC1=C(C)C(=C(C)c2cc(CC)c(C)[nH]2)N=C1C. The van der Waals surface area contributed by atoms with E-state index in [-0.39, 0.29) is 0 Å². The summed E-state index contributed by atoms with van der Waals surface area (Å²) in [4.78, 5) is 8.26. The normalized spacial score (nSPS) is 18.1. The summed E-state index contributed by atoms with van der Waals surface area (Å²) in [7, 11) is 0. The molecular weight excluding hydrogens is 232 g/mol. The summed E-state index contributed by atoms with van der Waals surface area (Å²) in [6.45, 7) is 13.0. The molecule has 2 heterocycles. The Labute approximate surface area is 116 Å². The first-order chi connectivity index (χ1) is 8.99. The van der Waals surface area contributed by atoms with Gasteiger partial charge in [0.25, 0.3) is 0 Å². The van der Waals surface area contributed by atoms with Crippen molar-refractivity contribution < 1.29 is 0 Å². The molecule has 0 radical (unpaired) electrons. The van der Waals surface area contributed by atoms with Gasteiger partial charge >= 0.3 is 0 Å². The fourth-order valence-electron chi connectivity index (χ4n) is 2.92. The van der Waals surface area contributed by atoms with Crippen molar-refractivity contribution in [1.82, 2.24) is 4.98 Å². The van der Waals surface area contributed by atoms with Crippen molar-refractivity contribution in [2.45, 2.75) is 54.4 Å². The lowest BCUT2D eigenvalue weighted by Gasteiger charge is -2.04. The predicted molar refractivity (Wildman–Crippen MR) is 83.6 cm³/mol. The van der Waals surface area contributed by atoms with Crippen LogP contribution < -0.4 is 0 Å². The standard InChI is InChI=1S/C17H24N2/c1-7-14-9-16(18-12(14)5)11(4)17-10(3)15(8-2)13(6)19-17/h9,18H,7-8H2,1-6H3. The van der Waals surface area contributed by atoms with Gasteiger partial charge in [0.05, 0.1) is 5.70 Å². The van der Waals surface area contributed by atoms with Crippen molar-refractivity contribution >= 4 is 11.3 Å². The van der Waals surface area contributed by atoms with Gasteiger partial charge < -0.3 is 4.98 Å². The molecule has 0 saturated heterocycles. The second-order valence-electron chi connectivity index (χ2n) is 5.31. The van der Waals surface area contributed by atoms with Crippen LogP contribution in [0.4, 0.5) is 0 Å². The molecule has 0 fully saturated rings. The van der Waals surface area contributed by atoms with E-state index in [9.17, 15) is 0 Å². The van der Waals surface area contributed by atoms with Crippen LogP contribution in [0.5, 0.6) is 0 Å². The Bertz CT molecular complexity index is 595. The number of H-pyrrole nitrogens is 1. The number of rotatable bonds is 3. The molecule has 2 heteroatoms. The van der Waals surface area contributed by atoms with E-state index in [0.29, 0.717) is 0 Å². The van der Waals surface area contributed by atoms with Gasteiger partial charge in [-0.05, 0) is 68.9 Å². The molecule has 2 rings (SSSR count). The molecule has 2 nitrogen and oxygen atoms in total. The van der Waals surface area contributed by atoms with Crippen molar-refractivity contribution in [3.63, 3.8) is 0 Å². The summed E-state index contributed by atoms with van der Waals surface area (Å²) < 4.78 is 0. The first-order valence-corrected chi connectivity index (χ1v) is 7.15. The van der Waals surface area contributed by atoms with Crippen molar-refractivity contribution in [3.05, 3.63) is 39.9 Å². The number of aromatic nitrogens is 1. The maximum atomic E-state index is 4.77. The van der Waals surface area contributed by atoms with Crippen LogP contribution in [0, 0.1) is 6.92 Å². The first kappa shape index (κ1) is 13.9. The predicted octanol–water partition coefficient (Wildman–Crippen LogP) is 4.82. The Morgan fingerprint density at radius 2 is 1.84 bits per heavy atom. The molecule has 0 aromatic carbocycles. The Morgan fingerprint density at radius 1 is 1.16 bits per heavy atom. The third kappa shape index (κ3) is 2.32. The Kier molecular flexibility index (Phi) is 3.79. The van der Waals surface area contributed by atoms with E-state index in [1.54, 1.807) is 0 Å². The molecule has 1 aromatic heterocycles. The van der Waals surface area contributed by atoms with Crippen LogP contribution in [0.2, 0.25) is 0 Å². The average molecular weight is 256 g/mol. The van der Waals surface area contributed by atoms with E-state index in [2.05, 4.69) is 52.6 Å². The highest BCUT2D eigenvalue weighted by atomic mass is 14.8. The minimum atomic E-state index is 1.06. The third-order valence-electron chi connectivity index (χ3n) is 4.14. The zero-order valence-corrected chi connectivity index (χ0v) is 12.9. The van der Waals surface area contributed by atoms with Gasteiger partial charge in [-0.15, -0.1) is 0 Å². The van der Waals surface area contributed by atoms with Crippen LogP contribution in [-0.2, 0) is 6.42 Å². The third-order valence-corrected chi connectivity index (χ3v) is 4.14.